The van der Waals surface area contributed by atoms with E-state index in [-0.39, 0.29) is 18.1 Å². The molecule has 1 aromatic rings. The second kappa shape index (κ2) is 9.59. The van der Waals surface area contributed by atoms with E-state index in [9.17, 15) is 14.9 Å². The Morgan fingerprint density at radius 1 is 1.39 bits per heavy atom. The molecule has 0 N–H and O–H groups in total. The predicted octanol–water partition coefficient (Wildman–Crippen LogP) is 3.47. The molecule has 28 heavy (non-hydrogen) atoms. The van der Waals surface area contributed by atoms with E-state index in [1.54, 1.807) is 11.0 Å². The lowest BCUT2D eigenvalue weighted by atomic mass is 10.0. The summed E-state index contributed by atoms with van der Waals surface area (Å²) in [6.45, 7) is 12.3. The first-order valence-corrected chi connectivity index (χ1v) is 9.96. The molecular formula is C22H31N3O3. The fourth-order valence-corrected chi connectivity index (χ4v) is 3.62. The number of hydrogen-bond donors (Lipinski definition) is 0. The maximum Gasteiger partial charge on any atom is 0.349 e. The molecule has 1 saturated heterocycles. The lowest BCUT2D eigenvalue weighted by molar-refractivity contribution is -0.149. The third-order valence-corrected chi connectivity index (χ3v) is 5.14. The molecule has 0 bridgehead atoms. The normalized spacial score (nSPS) is 17.5. The number of likely N-dealkylation sites (tertiary alicyclic amines) is 1. The molecule has 1 aliphatic heterocycles. The minimum absolute atomic E-state index is 0.0930. The highest BCUT2D eigenvalue weighted by Gasteiger charge is 2.22. The summed E-state index contributed by atoms with van der Waals surface area (Å²) in [5.74, 6) is -0.00326. The topological polar surface area (TPSA) is 75.3 Å². The molecule has 0 saturated carbocycles. The maximum absolute atomic E-state index is 12.3. The number of esters is 1. The maximum atomic E-state index is 12.3. The van der Waals surface area contributed by atoms with Gasteiger partial charge in [0.2, 0.25) is 0 Å². The van der Waals surface area contributed by atoms with Crippen molar-refractivity contribution in [2.45, 2.75) is 54.0 Å². The van der Waals surface area contributed by atoms with Gasteiger partial charge in [-0.15, -0.1) is 0 Å². The Kier molecular flexibility index (Phi) is 7.45. The molecule has 1 aliphatic rings. The highest BCUT2D eigenvalue weighted by Crippen LogP contribution is 2.20. The zero-order valence-corrected chi connectivity index (χ0v) is 17.6. The summed E-state index contributed by atoms with van der Waals surface area (Å²) in [5, 5.41) is 9.40. The summed E-state index contributed by atoms with van der Waals surface area (Å²) >= 11 is 0. The van der Waals surface area contributed by atoms with Gasteiger partial charge in [-0.25, -0.2) is 4.79 Å². The number of nitriles is 1. The summed E-state index contributed by atoms with van der Waals surface area (Å²) in [4.78, 5) is 26.3. The molecule has 0 radical (unpaired) electrons. The summed E-state index contributed by atoms with van der Waals surface area (Å²) in [5.41, 5.74) is 2.81. The first-order valence-electron chi connectivity index (χ1n) is 9.96. The van der Waals surface area contributed by atoms with Crippen molar-refractivity contribution in [1.82, 2.24) is 9.47 Å². The zero-order chi connectivity index (χ0) is 20.8. The Labute approximate surface area is 167 Å². The molecule has 0 spiro atoms. The van der Waals surface area contributed by atoms with Crippen LogP contribution in [0.25, 0.3) is 6.08 Å². The number of rotatable bonds is 6. The highest BCUT2D eigenvalue weighted by atomic mass is 16.5. The zero-order valence-electron chi connectivity index (χ0n) is 17.6. The van der Waals surface area contributed by atoms with Crippen LogP contribution in [0.1, 0.15) is 50.6 Å². The Balaban J connectivity index is 2.05. The van der Waals surface area contributed by atoms with Gasteiger partial charge < -0.3 is 14.2 Å². The predicted molar refractivity (Wildman–Crippen MR) is 108 cm³/mol. The average Bonchev–Trinajstić information content (AvgIpc) is 2.90. The number of nitrogens with zero attached hydrogens (tertiary/aromatic N) is 3. The van der Waals surface area contributed by atoms with Crippen molar-refractivity contribution in [2.24, 2.45) is 11.8 Å². The van der Waals surface area contributed by atoms with Crippen LogP contribution in [0.3, 0.4) is 0 Å². The number of aromatic nitrogens is 1. The van der Waals surface area contributed by atoms with Gasteiger partial charge in [-0.3, -0.25) is 4.79 Å². The van der Waals surface area contributed by atoms with E-state index in [4.69, 9.17) is 4.74 Å². The van der Waals surface area contributed by atoms with Crippen LogP contribution in [0.15, 0.2) is 11.6 Å². The molecule has 1 aromatic heterocycles. The van der Waals surface area contributed by atoms with E-state index in [0.717, 1.165) is 36.3 Å². The molecule has 0 aliphatic carbocycles. The van der Waals surface area contributed by atoms with Gasteiger partial charge in [0.1, 0.15) is 11.6 Å². The minimum Gasteiger partial charge on any atom is -0.451 e. The number of carbonyl (C=O) groups excluding carboxylic acids is 2. The first-order chi connectivity index (χ1) is 13.2. The van der Waals surface area contributed by atoms with Gasteiger partial charge in [0.25, 0.3) is 5.91 Å². The summed E-state index contributed by atoms with van der Waals surface area (Å²) in [6.07, 6.45) is 3.63. The van der Waals surface area contributed by atoms with E-state index in [2.05, 4.69) is 25.3 Å². The quantitative estimate of drug-likeness (QED) is 0.427. The van der Waals surface area contributed by atoms with Crippen LogP contribution in [0.2, 0.25) is 0 Å². The summed E-state index contributed by atoms with van der Waals surface area (Å²) in [7, 11) is 0. The van der Waals surface area contributed by atoms with Crippen LogP contribution in [-0.4, -0.2) is 41.0 Å². The SMILES string of the molecule is Cc1cc(/C=C(\C#N)C(=O)OCC(=O)N2CCC[C@@H](C)C2)c(C)n1CC(C)C. The minimum atomic E-state index is -0.755. The largest absolute Gasteiger partial charge is 0.451 e. The van der Waals surface area contributed by atoms with Gasteiger partial charge in [-0.05, 0) is 56.2 Å². The van der Waals surface area contributed by atoms with Gasteiger partial charge in [0.05, 0.1) is 0 Å². The fourth-order valence-electron chi connectivity index (χ4n) is 3.62. The van der Waals surface area contributed by atoms with Gasteiger partial charge >= 0.3 is 5.97 Å². The number of hydrogen-bond acceptors (Lipinski definition) is 4. The number of aryl methyl sites for hydroxylation is 1. The van der Waals surface area contributed by atoms with Crippen molar-refractivity contribution < 1.29 is 14.3 Å². The van der Waals surface area contributed by atoms with E-state index in [1.807, 2.05) is 26.0 Å². The third kappa shape index (κ3) is 5.48. The van der Waals surface area contributed by atoms with Gasteiger partial charge in [0.15, 0.2) is 6.61 Å². The number of carbonyl (C=O) groups is 2. The lowest BCUT2D eigenvalue weighted by Gasteiger charge is -2.30. The summed E-state index contributed by atoms with van der Waals surface area (Å²) < 4.78 is 7.31. The molecule has 6 nitrogen and oxygen atoms in total. The van der Waals surface area contributed by atoms with Crippen LogP contribution in [-0.2, 0) is 20.9 Å². The fraction of sp³-hybridized carbons (Fsp3) is 0.591. The van der Waals surface area contributed by atoms with Crippen LogP contribution in [0, 0.1) is 37.0 Å². The van der Waals surface area contributed by atoms with Gasteiger partial charge in [-0.1, -0.05) is 20.8 Å². The number of piperidine rings is 1. The average molecular weight is 386 g/mol. The second-order valence-corrected chi connectivity index (χ2v) is 8.16. The van der Waals surface area contributed by atoms with Gasteiger partial charge in [-0.2, -0.15) is 5.26 Å². The molecule has 1 atom stereocenters. The van der Waals surface area contributed by atoms with Crippen LogP contribution in [0.4, 0.5) is 0 Å². The number of ether oxygens (including phenoxy) is 1. The van der Waals surface area contributed by atoms with Crippen molar-refractivity contribution in [1.29, 1.82) is 5.26 Å². The Bertz CT molecular complexity index is 799. The Hall–Kier alpha value is -2.55. The van der Waals surface area contributed by atoms with Crippen molar-refractivity contribution in [3.8, 4) is 6.07 Å². The van der Waals surface area contributed by atoms with Crippen molar-refractivity contribution >= 4 is 18.0 Å². The number of amides is 1. The molecule has 1 fully saturated rings. The van der Waals surface area contributed by atoms with E-state index >= 15 is 0 Å². The lowest BCUT2D eigenvalue weighted by Crippen LogP contribution is -2.41. The molecule has 0 unspecified atom stereocenters. The second-order valence-electron chi connectivity index (χ2n) is 8.16. The molecule has 2 rings (SSSR count). The van der Waals surface area contributed by atoms with Crippen LogP contribution >= 0.6 is 0 Å². The van der Waals surface area contributed by atoms with Crippen molar-refractivity contribution in [3.05, 3.63) is 28.6 Å². The smallest absolute Gasteiger partial charge is 0.349 e. The van der Waals surface area contributed by atoms with Crippen LogP contribution in [0.5, 0.6) is 0 Å². The molecule has 6 heteroatoms. The van der Waals surface area contributed by atoms with Gasteiger partial charge in [0, 0.05) is 31.0 Å². The molecule has 152 valence electrons. The van der Waals surface area contributed by atoms with Crippen molar-refractivity contribution in [2.75, 3.05) is 19.7 Å². The molecule has 1 amide bonds. The third-order valence-electron chi connectivity index (χ3n) is 5.14. The molecular weight excluding hydrogens is 354 g/mol. The standard InChI is InChI=1S/C22H31N3O3/c1-15(2)12-25-17(4)9-19(18(25)5)10-20(11-23)22(27)28-14-21(26)24-8-6-7-16(3)13-24/h9-10,15-16H,6-8,12-14H2,1-5H3/b20-10+/t16-/m1/s1. The highest BCUT2D eigenvalue weighted by molar-refractivity contribution is 5.99. The summed E-state index contributed by atoms with van der Waals surface area (Å²) in [6, 6.07) is 3.87. The van der Waals surface area contributed by atoms with E-state index in [1.165, 1.54) is 0 Å². The van der Waals surface area contributed by atoms with Crippen LogP contribution < -0.4 is 0 Å². The van der Waals surface area contributed by atoms with Crippen molar-refractivity contribution in [3.63, 3.8) is 0 Å². The molecule has 0 aromatic carbocycles. The Morgan fingerprint density at radius 3 is 2.71 bits per heavy atom. The molecule has 2 heterocycles. The monoisotopic (exact) mass is 385 g/mol. The first kappa shape index (κ1) is 21.7. The van der Waals surface area contributed by atoms with E-state index in [0.29, 0.717) is 24.9 Å². The van der Waals surface area contributed by atoms with E-state index < -0.39 is 5.97 Å². The Morgan fingerprint density at radius 2 is 2.11 bits per heavy atom.